The Morgan fingerprint density at radius 3 is 0.667 bits per heavy atom. The van der Waals surface area contributed by atoms with Crippen LogP contribution in [-0.2, 0) is 26.2 Å². The predicted molar refractivity (Wildman–Crippen MR) is 82.6 cm³/mol. The molecule has 0 bridgehead atoms. The molecule has 0 aromatic carbocycles. The summed E-state index contributed by atoms with van der Waals surface area (Å²) in [6, 6.07) is 0. The minimum absolute atomic E-state index is 0. The van der Waals surface area contributed by atoms with Crippen molar-refractivity contribution >= 4 is 0 Å². The molecular weight excluding hydrogens is 378 g/mol. The Morgan fingerprint density at radius 1 is 0.476 bits per heavy atom. The van der Waals surface area contributed by atoms with Crippen LogP contribution in [0.25, 0.3) is 0 Å². The second-order valence-corrected chi connectivity index (χ2v) is 8.97. The first kappa shape index (κ1) is 26.8. The topological polar surface area (TPSA) is 0 Å². The maximum Gasteiger partial charge on any atom is 2.00 e. The molecule has 0 unspecified atom stereocenters. The molecule has 0 saturated carbocycles. The summed E-state index contributed by atoms with van der Waals surface area (Å²) in [6.07, 6.45) is 11.9. The van der Waals surface area contributed by atoms with E-state index in [4.69, 9.17) is 0 Å². The molecule has 0 amide bonds. The summed E-state index contributed by atoms with van der Waals surface area (Å²) in [6.45, 7) is 18.3. The molecule has 0 fully saturated rings. The van der Waals surface area contributed by atoms with Crippen molar-refractivity contribution in [3.8, 4) is 0 Å². The Kier molecular flexibility index (Phi) is 11.1. The van der Waals surface area contributed by atoms with Crippen molar-refractivity contribution in [1.29, 1.82) is 0 Å². The first-order valence-corrected chi connectivity index (χ1v) is 7.24. The van der Waals surface area contributed by atoms with Crippen LogP contribution in [0.3, 0.4) is 0 Å². The van der Waals surface area contributed by atoms with E-state index in [-0.39, 0.29) is 51.0 Å². The van der Waals surface area contributed by atoms with E-state index in [9.17, 15) is 0 Å². The Morgan fingerprint density at radius 2 is 0.619 bits per heavy atom. The van der Waals surface area contributed by atoms with Gasteiger partial charge in [0.2, 0.25) is 0 Å². The van der Waals surface area contributed by atoms with E-state index in [0.29, 0.717) is 21.7 Å². The summed E-state index contributed by atoms with van der Waals surface area (Å²) >= 11 is 0. The molecular formula is C18H32Cl2Zr. The van der Waals surface area contributed by atoms with Crippen molar-refractivity contribution < 1.29 is 51.0 Å². The van der Waals surface area contributed by atoms with Gasteiger partial charge in [0.15, 0.2) is 0 Å². The molecule has 2 rings (SSSR count). The van der Waals surface area contributed by atoms with E-state index in [1.807, 2.05) is 0 Å². The number of rotatable bonds is 0. The molecule has 0 spiro atoms. The third-order valence-corrected chi connectivity index (χ3v) is 3.79. The maximum atomic E-state index is 2.33. The molecule has 0 N–H and O–H groups in total. The van der Waals surface area contributed by atoms with Crippen molar-refractivity contribution in [3.05, 3.63) is 24.3 Å². The van der Waals surface area contributed by atoms with Crippen molar-refractivity contribution in [2.75, 3.05) is 0 Å². The van der Waals surface area contributed by atoms with Gasteiger partial charge in [0.05, 0.1) is 0 Å². The van der Waals surface area contributed by atoms with Crippen molar-refractivity contribution in [2.24, 2.45) is 21.7 Å². The van der Waals surface area contributed by atoms with Gasteiger partial charge < -0.3 is 24.8 Å². The van der Waals surface area contributed by atoms with E-state index in [0.717, 1.165) is 0 Å². The van der Waals surface area contributed by atoms with Crippen LogP contribution in [0.1, 0.15) is 68.2 Å². The zero-order valence-electron chi connectivity index (χ0n) is 15.0. The molecule has 0 aromatic rings. The molecule has 0 radical (unpaired) electrons. The van der Waals surface area contributed by atoms with Gasteiger partial charge in [0.25, 0.3) is 0 Å². The summed E-state index contributed by atoms with van der Waals surface area (Å²) in [7, 11) is 0. The monoisotopic (exact) mass is 408 g/mol. The molecule has 0 heterocycles. The molecule has 0 aliphatic heterocycles. The SMILES string of the molecule is CC1(C)C=CC(C)(C)C1.CC1(C)C=CC(C)(C)C1.[Cl-].[Cl-].[Zr+2]. The second-order valence-electron chi connectivity index (χ2n) is 8.97. The van der Waals surface area contributed by atoms with Gasteiger partial charge in [-0.05, 0) is 34.5 Å². The average Bonchev–Trinajstić information content (AvgIpc) is 2.48. The molecule has 2 aliphatic rings. The van der Waals surface area contributed by atoms with Gasteiger partial charge in [0.1, 0.15) is 0 Å². The molecule has 122 valence electrons. The van der Waals surface area contributed by atoms with Gasteiger partial charge in [-0.25, -0.2) is 0 Å². The smallest absolute Gasteiger partial charge is 1.00 e. The standard InChI is InChI=1S/2C9H16.2ClH.Zr/c2*1-8(2)5-6-9(3,4)7-8;;;/h2*5-6H,7H2,1-4H3;2*1H;/q;;;;+2/p-2. The predicted octanol–water partition coefficient (Wildman–Crippen LogP) is 0.00290. The van der Waals surface area contributed by atoms with Gasteiger partial charge in [-0.15, -0.1) is 0 Å². The van der Waals surface area contributed by atoms with Crippen LogP contribution in [0.2, 0.25) is 0 Å². The second kappa shape index (κ2) is 8.70. The Labute approximate surface area is 164 Å². The Hall–Kier alpha value is 0.943. The molecule has 2 aliphatic carbocycles. The van der Waals surface area contributed by atoms with Crippen LogP contribution >= 0.6 is 0 Å². The summed E-state index contributed by atoms with van der Waals surface area (Å²) in [5.41, 5.74) is 1.79. The summed E-state index contributed by atoms with van der Waals surface area (Å²) in [5, 5.41) is 0. The van der Waals surface area contributed by atoms with Gasteiger partial charge in [-0.2, -0.15) is 0 Å². The van der Waals surface area contributed by atoms with Crippen LogP contribution in [-0.4, -0.2) is 0 Å². The number of allylic oxidation sites excluding steroid dienone is 4. The molecule has 0 aromatic heterocycles. The van der Waals surface area contributed by atoms with Gasteiger partial charge in [0, 0.05) is 0 Å². The summed E-state index contributed by atoms with van der Waals surface area (Å²) < 4.78 is 0. The van der Waals surface area contributed by atoms with Crippen molar-refractivity contribution in [1.82, 2.24) is 0 Å². The summed E-state index contributed by atoms with van der Waals surface area (Å²) in [5.74, 6) is 0. The van der Waals surface area contributed by atoms with Crippen LogP contribution in [0.15, 0.2) is 24.3 Å². The normalized spacial score (nSPS) is 24.8. The van der Waals surface area contributed by atoms with Gasteiger partial charge in [-0.3, -0.25) is 0 Å². The number of hydrogen-bond donors (Lipinski definition) is 0. The van der Waals surface area contributed by atoms with E-state index in [1.54, 1.807) is 0 Å². The third-order valence-electron chi connectivity index (χ3n) is 3.79. The Bertz CT molecular complexity index is 295. The maximum absolute atomic E-state index is 2.33. The fourth-order valence-corrected chi connectivity index (χ4v) is 3.49. The minimum Gasteiger partial charge on any atom is -1.00 e. The van der Waals surface area contributed by atoms with Crippen LogP contribution < -0.4 is 24.8 Å². The van der Waals surface area contributed by atoms with Crippen LogP contribution in [0, 0.1) is 21.7 Å². The molecule has 0 atom stereocenters. The Balaban J connectivity index is -0.000000270. The van der Waals surface area contributed by atoms with Crippen LogP contribution in [0.4, 0.5) is 0 Å². The zero-order valence-corrected chi connectivity index (χ0v) is 18.9. The fourth-order valence-electron chi connectivity index (χ4n) is 3.49. The van der Waals surface area contributed by atoms with E-state index in [2.05, 4.69) is 79.7 Å². The van der Waals surface area contributed by atoms with Gasteiger partial charge >= 0.3 is 26.2 Å². The first-order valence-electron chi connectivity index (χ1n) is 7.24. The number of hydrogen-bond acceptors (Lipinski definition) is 0. The van der Waals surface area contributed by atoms with Crippen LogP contribution in [0.5, 0.6) is 0 Å². The molecule has 21 heavy (non-hydrogen) atoms. The quantitative estimate of drug-likeness (QED) is 0.494. The van der Waals surface area contributed by atoms with E-state index >= 15 is 0 Å². The summed E-state index contributed by atoms with van der Waals surface area (Å²) in [4.78, 5) is 0. The zero-order chi connectivity index (χ0) is 14.2. The molecule has 3 heteroatoms. The van der Waals surface area contributed by atoms with Gasteiger partial charge in [-0.1, -0.05) is 79.7 Å². The molecule has 0 nitrogen and oxygen atoms in total. The minimum atomic E-state index is 0. The van der Waals surface area contributed by atoms with Crippen molar-refractivity contribution in [3.63, 3.8) is 0 Å². The largest absolute Gasteiger partial charge is 2.00 e. The van der Waals surface area contributed by atoms with Crippen molar-refractivity contribution in [2.45, 2.75) is 68.2 Å². The van der Waals surface area contributed by atoms with E-state index < -0.39 is 0 Å². The third kappa shape index (κ3) is 10.4. The average molecular weight is 411 g/mol. The fraction of sp³-hybridized carbons (Fsp3) is 0.778. The molecule has 0 saturated heterocycles. The number of halogens is 2. The first-order chi connectivity index (χ1) is 7.83. The van der Waals surface area contributed by atoms with E-state index in [1.165, 1.54) is 12.8 Å².